The molecule has 0 spiro atoms. The summed E-state index contributed by atoms with van der Waals surface area (Å²) < 4.78 is 1.92. The number of rotatable bonds is 3. The van der Waals surface area contributed by atoms with Gasteiger partial charge in [0.25, 0.3) is 0 Å². The summed E-state index contributed by atoms with van der Waals surface area (Å²) in [5, 5.41) is 3.68. The fraction of sp³-hybridized carbons (Fsp3) is 0.300. The Kier molecular flexibility index (Phi) is 2.70. The Morgan fingerprint density at radius 2 is 2.43 bits per heavy atom. The van der Waals surface area contributed by atoms with Gasteiger partial charge in [0.05, 0.1) is 5.52 Å². The van der Waals surface area contributed by atoms with E-state index in [1.54, 1.807) is 6.33 Å². The molecule has 3 nitrogen and oxygen atoms in total. The zero-order valence-electron chi connectivity index (χ0n) is 8.00. The van der Waals surface area contributed by atoms with Gasteiger partial charge in [0.15, 0.2) is 5.15 Å². The van der Waals surface area contributed by atoms with Crippen LogP contribution in [0.15, 0.2) is 24.7 Å². The van der Waals surface area contributed by atoms with Gasteiger partial charge in [-0.2, -0.15) is 0 Å². The van der Waals surface area contributed by atoms with E-state index >= 15 is 0 Å². The second-order valence-corrected chi connectivity index (χ2v) is 3.57. The Hall–Kier alpha value is -1.06. The maximum absolute atomic E-state index is 5.93. The second kappa shape index (κ2) is 3.98. The van der Waals surface area contributed by atoms with Crippen molar-refractivity contribution in [3.05, 3.63) is 35.4 Å². The molecule has 0 saturated carbocycles. The van der Waals surface area contributed by atoms with Crippen molar-refractivity contribution in [2.75, 3.05) is 13.6 Å². The van der Waals surface area contributed by atoms with Crippen LogP contribution in [0.4, 0.5) is 0 Å². The highest BCUT2D eigenvalue weighted by molar-refractivity contribution is 6.32. The van der Waals surface area contributed by atoms with Crippen molar-refractivity contribution in [1.82, 2.24) is 14.7 Å². The first-order chi connectivity index (χ1) is 6.81. The molecule has 0 aliphatic carbocycles. The SMILES string of the molecule is CNCCc1ccn2cnc(Cl)c2c1. The van der Waals surface area contributed by atoms with E-state index in [0.717, 1.165) is 18.5 Å². The average Bonchev–Trinajstić information content (AvgIpc) is 2.57. The van der Waals surface area contributed by atoms with Crippen LogP contribution < -0.4 is 5.32 Å². The standard InChI is InChI=1S/C10H12ClN3/c1-12-4-2-8-3-5-14-7-13-10(11)9(14)6-8/h3,5-7,12H,2,4H2,1H3. The molecular weight excluding hydrogens is 198 g/mol. The van der Waals surface area contributed by atoms with Crippen molar-refractivity contribution in [2.45, 2.75) is 6.42 Å². The molecule has 0 saturated heterocycles. The van der Waals surface area contributed by atoms with E-state index in [9.17, 15) is 0 Å². The molecule has 2 aromatic heterocycles. The first-order valence-corrected chi connectivity index (χ1v) is 4.95. The zero-order valence-corrected chi connectivity index (χ0v) is 8.75. The summed E-state index contributed by atoms with van der Waals surface area (Å²) in [6.07, 6.45) is 4.72. The van der Waals surface area contributed by atoms with E-state index in [1.165, 1.54) is 5.56 Å². The van der Waals surface area contributed by atoms with E-state index in [-0.39, 0.29) is 0 Å². The van der Waals surface area contributed by atoms with Gasteiger partial charge in [-0.15, -0.1) is 0 Å². The van der Waals surface area contributed by atoms with Crippen LogP contribution in [0.5, 0.6) is 0 Å². The number of hydrogen-bond donors (Lipinski definition) is 1. The Morgan fingerprint density at radius 1 is 1.57 bits per heavy atom. The normalized spacial score (nSPS) is 11.0. The number of fused-ring (bicyclic) bond motifs is 1. The number of nitrogens with zero attached hydrogens (tertiary/aromatic N) is 2. The van der Waals surface area contributed by atoms with Crippen LogP contribution >= 0.6 is 11.6 Å². The quantitative estimate of drug-likeness (QED) is 0.835. The molecule has 0 amide bonds. The number of likely N-dealkylation sites (N-methyl/N-ethyl adjacent to an activating group) is 1. The largest absolute Gasteiger partial charge is 0.319 e. The summed E-state index contributed by atoms with van der Waals surface area (Å²) in [6, 6.07) is 4.16. The van der Waals surface area contributed by atoms with Crippen LogP contribution in [0.1, 0.15) is 5.56 Å². The number of pyridine rings is 1. The number of imidazole rings is 1. The minimum absolute atomic E-state index is 0.566. The van der Waals surface area contributed by atoms with Crippen molar-refractivity contribution in [2.24, 2.45) is 0 Å². The topological polar surface area (TPSA) is 29.3 Å². The molecule has 74 valence electrons. The third-order valence-corrected chi connectivity index (χ3v) is 2.51. The number of halogens is 1. The molecule has 0 fully saturated rings. The van der Waals surface area contributed by atoms with Gasteiger partial charge in [0, 0.05) is 6.20 Å². The van der Waals surface area contributed by atoms with E-state index in [2.05, 4.69) is 22.4 Å². The molecule has 2 aromatic rings. The molecule has 14 heavy (non-hydrogen) atoms. The highest BCUT2D eigenvalue weighted by Gasteiger charge is 2.01. The molecule has 1 N–H and O–H groups in total. The minimum atomic E-state index is 0.566. The van der Waals surface area contributed by atoms with Gasteiger partial charge < -0.3 is 9.72 Å². The maximum atomic E-state index is 5.93. The molecule has 2 rings (SSSR count). The smallest absolute Gasteiger partial charge is 0.154 e. The molecule has 0 unspecified atom stereocenters. The lowest BCUT2D eigenvalue weighted by atomic mass is 10.2. The Bertz CT molecular complexity index is 436. The van der Waals surface area contributed by atoms with Crippen molar-refractivity contribution >= 4 is 17.1 Å². The van der Waals surface area contributed by atoms with Crippen molar-refractivity contribution in [1.29, 1.82) is 0 Å². The monoisotopic (exact) mass is 209 g/mol. The average molecular weight is 210 g/mol. The summed E-state index contributed by atoms with van der Waals surface area (Å²) >= 11 is 5.93. The number of hydrogen-bond acceptors (Lipinski definition) is 2. The highest BCUT2D eigenvalue weighted by Crippen LogP contribution is 2.16. The minimum Gasteiger partial charge on any atom is -0.319 e. The second-order valence-electron chi connectivity index (χ2n) is 3.22. The molecular formula is C10H12ClN3. The van der Waals surface area contributed by atoms with Gasteiger partial charge in [-0.05, 0) is 37.7 Å². The lowest BCUT2D eigenvalue weighted by molar-refractivity contribution is 0.791. The summed E-state index contributed by atoms with van der Waals surface area (Å²) in [5.41, 5.74) is 2.24. The molecule has 0 aromatic carbocycles. The Balaban J connectivity index is 2.34. The first-order valence-electron chi connectivity index (χ1n) is 4.57. The van der Waals surface area contributed by atoms with E-state index in [0.29, 0.717) is 5.15 Å². The van der Waals surface area contributed by atoms with Gasteiger partial charge in [-0.25, -0.2) is 4.98 Å². The number of aromatic nitrogens is 2. The number of nitrogens with one attached hydrogen (secondary N) is 1. The van der Waals surface area contributed by atoms with Crippen molar-refractivity contribution in [3.63, 3.8) is 0 Å². The van der Waals surface area contributed by atoms with E-state index in [4.69, 9.17) is 11.6 Å². The van der Waals surface area contributed by atoms with Crippen LogP contribution in [-0.4, -0.2) is 23.0 Å². The summed E-state index contributed by atoms with van der Waals surface area (Å²) in [5.74, 6) is 0. The predicted octanol–water partition coefficient (Wildman–Crippen LogP) is 1.75. The van der Waals surface area contributed by atoms with Crippen molar-refractivity contribution in [3.8, 4) is 0 Å². The molecule has 2 heterocycles. The molecule has 4 heteroatoms. The van der Waals surface area contributed by atoms with Gasteiger partial charge >= 0.3 is 0 Å². The molecule has 0 bridgehead atoms. The third-order valence-electron chi connectivity index (χ3n) is 2.22. The molecule has 0 aliphatic rings. The summed E-state index contributed by atoms with van der Waals surface area (Å²) in [4.78, 5) is 4.03. The maximum Gasteiger partial charge on any atom is 0.154 e. The van der Waals surface area contributed by atoms with Gasteiger partial charge in [-0.3, -0.25) is 0 Å². The summed E-state index contributed by atoms with van der Waals surface area (Å²) in [7, 11) is 1.95. The van der Waals surface area contributed by atoms with E-state index in [1.807, 2.05) is 17.6 Å². The lowest BCUT2D eigenvalue weighted by Gasteiger charge is -2.01. The van der Waals surface area contributed by atoms with Crippen LogP contribution in [0.25, 0.3) is 5.52 Å². The highest BCUT2D eigenvalue weighted by atomic mass is 35.5. The zero-order chi connectivity index (χ0) is 9.97. The first kappa shape index (κ1) is 9.49. The van der Waals surface area contributed by atoms with Crippen LogP contribution in [-0.2, 0) is 6.42 Å². The van der Waals surface area contributed by atoms with Crippen LogP contribution in [0.2, 0.25) is 5.15 Å². The fourth-order valence-corrected chi connectivity index (χ4v) is 1.62. The molecule has 0 atom stereocenters. The predicted molar refractivity (Wildman–Crippen MR) is 57.8 cm³/mol. The van der Waals surface area contributed by atoms with Crippen molar-refractivity contribution < 1.29 is 0 Å². The third kappa shape index (κ3) is 1.74. The molecule has 0 aliphatic heterocycles. The van der Waals surface area contributed by atoms with Crippen LogP contribution in [0.3, 0.4) is 0 Å². The lowest BCUT2D eigenvalue weighted by Crippen LogP contribution is -2.10. The fourth-order valence-electron chi connectivity index (χ4n) is 1.43. The Morgan fingerprint density at radius 3 is 3.21 bits per heavy atom. The molecule has 0 radical (unpaired) electrons. The summed E-state index contributed by atoms with van der Waals surface area (Å²) in [6.45, 7) is 0.974. The van der Waals surface area contributed by atoms with Gasteiger partial charge in [0.2, 0.25) is 0 Å². The van der Waals surface area contributed by atoms with Gasteiger partial charge in [-0.1, -0.05) is 11.6 Å². The van der Waals surface area contributed by atoms with Crippen LogP contribution in [0, 0.1) is 0 Å². The van der Waals surface area contributed by atoms with E-state index < -0.39 is 0 Å². The Labute approximate surface area is 87.7 Å². The van der Waals surface area contributed by atoms with Gasteiger partial charge in [0.1, 0.15) is 6.33 Å².